The molecule has 0 radical (unpaired) electrons. The monoisotopic (exact) mass is 845 g/mol. The van der Waals surface area contributed by atoms with E-state index in [1.54, 1.807) is 6.08 Å². The zero-order chi connectivity index (χ0) is 45.1. The SMILES string of the molecule is CCCCCCC/C=C\C(=O)N[C@H](CCCNC(N)=O)C(=O)N[C@@H](CO)C(=O)N[C@@H](CCNC(=O)[C@@H](N)[C@@H](C)O)C(=O)N[C@H](C(=O)N[C@H](CO)CC(N)=O)C(O)C(N)=O. The number of amides is 10. The first kappa shape index (κ1) is 53.6. The van der Waals surface area contributed by atoms with E-state index in [4.69, 9.17) is 22.9 Å². The second-order valence-electron chi connectivity index (χ2n) is 13.6. The van der Waals surface area contributed by atoms with Crippen LogP contribution in [0.1, 0.15) is 78.1 Å². The van der Waals surface area contributed by atoms with Crippen LogP contribution in [0.25, 0.3) is 0 Å². The summed E-state index contributed by atoms with van der Waals surface area (Å²) >= 11 is 0. The molecule has 336 valence electrons. The number of nitrogens with two attached hydrogens (primary N) is 4. The van der Waals surface area contributed by atoms with Crippen LogP contribution in [0.15, 0.2) is 12.2 Å². The van der Waals surface area contributed by atoms with Crippen molar-refractivity contribution in [1.29, 1.82) is 0 Å². The Morgan fingerprint density at radius 2 is 1.24 bits per heavy atom. The number of carbonyl (C=O) groups is 9. The Labute approximate surface area is 341 Å². The van der Waals surface area contributed by atoms with Crippen LogP contribution in [0.4, 0.5) is 4.79 Å². The molecule has 0 saturated heterocycles. The van der Waals surface area contributed by atoms with Crippen LogP contribution >= 0.6 is 0 Å². The highest BCUT2D eigenvalue weighted by molar-refractivity contribution is 5.98. The molecular formula is C35H63N11O13. The smallest absolute Gasteiger partial charge is 0.312 e. The van der Waals surface area contributed by atoms with E-state index in [0.717, 1.165) is 32.1 Å². The molecule has 24 heteroatoms. The first-order valence-electron chi connectivity index (χ1n) is 19.2. The lowest BCUT2D eigenvalue weighted by Gasteiger charge is -2.28. The Hall–Kier alpha value is -5.43. The molecule has 0 rings (SSSR count). The molecule has 0 aliphatic rings. The molecule has 0 fully saturated rings. The van der Waals surface area contributed by atoms with E-state index in [1.807, 2.05) is 5.32 Å². The molecule has 1 unspecified atom stereocenters. The van der Waals surface area contributed by atoms with Crippen LogP contribution in [0, 0.1) is 0 Å². The largest absolute Gasteiger partial charge is 0.394 e. The summed E-state index contributed by atoms with van der Waals surface area (Å²) < 4.78 is 0. The van der Waals surface area contributed by atoms with Gasteiger partial charge in [-0.3, -0.25) is 38.4 Å². The number of rotatable bonds is 31. The van der Waals surface area contributed by atoms with E-state index in [0.29, 0.717) is 6.42 Å². The van der Waals surface area contributed by atoms with Gasteiger partial charge in [-0.2, -0.15) is 0 Å². The average molecular weight is 846 g/mol. The summed E-state index contributed by atoms with van der Waals surface area (Å²) in [6.45, 7) is 1.05. The van der Waals surface area contributed by atoms with E-state index in [1.165, 1.54) is 13.0 Å². The highest BCUT2D eigenvalue weighted by Crippen LogP contribution is 2.06. The Bertz CT molecular complexity index is 1430. The van der Waals surface area contributed by atoms with Gasteiger partial charge in [0.2, 0.25) is 47.3 Å². The number of urea groups is 1. The molecule has 8 atom stereocenters. The maximum absolute atomic E-state index is 13.6. The first-order chi connectivity index (χ1) is 27.8. The van der Waals surface area contributed by atoms with Gasteiger partial charge in [-0.15, -0.1) is 0 Å². The molecule has 59 heavy (non-hydrogen) atoms. The number of unbranched alkanes of at least 4 members (excludes halogenated alkanes) is 5. The van der Waals surface area contributed by atoms with Gasteiger partial charge < -0.3 is 80.6 Å². The predicted octanol–water partition coefficient (Wildman–Crippen LogP) is -6.30. The molecule has 0 bridgehead atoms. The minimum atomic E-state index is -2.40. The van der Waals surface area contributed by atoms with Crippen molar-refractivity contribution >= 4 is 53.3 Å². The lowest BCUT2D eigenvalue weighted by molar-refractivity contribution is -0.140. The minimum absolute atomic E-state index is 0.0250. The van der Waals surface area contributed by atoms with Crippen molar-refractivity contribution in [1.82, 2.24) is 37.2 Å². The van der Waals surface area contributed by atoms with E-state index >= 15 is 0 Å². The summed E-state index contributed by atoms with van der Waals surface area (Å²) in [7, 11) is 0. The molecule has 0 aromatic carbocycles. The van der Waals surface area contributed by atoms with Gasteiger partial charge in [-0.1, -0.05) is 38.7 Å². The summed E-state index contributed by atoms with van der Waals surface area (Å²) in [6, 6.07) is -10.6. The number of hydrogen-bond acceptors (Lipinski definition) is 14. The fraction of sp³-hybridized carbons (Fsp3) is 0.686. The first-order valence-corrected chi connectivity index (χ1v) is 19.2. The van der Waals surface area contributed by atoms with E-state index in [9.17, 15) is 63.6 Å². The Balaban J connectivity index is 6.29. The maximum Gasteiger partial charge on any atom is 0.312 e. The lowest BCUT2D eigenvalue weighted by Crippen LogP contribution is -2.63. The second kappa shape index (κ2) is 29.7. The molecule has 0 saturated carbocycles. The van der Waals surface area contributed by atoms with Crippen LogP contribution in [-0.2, 0) is 38.4 Å². The Morgan fingerprint density at radius 1 is 0.644 bits per heavy atom. The molecular weight excluding hydrogens is 782 g/mol. The number of nitrogens with one attached hydrogen (secondary N) is 7. The molecule has 0 aromatic heterocycles. The standard InChI is InChI=1S/C35H63N11O13/c1-3-4-5-6-7-8-9-12-25(51)43-21(11-10-14-41-35(39)59)30(54)45-23(18-48)32(56)44-22(13-15-40-33(57)26(37)19(2)49)31(55)46-27(28(52)29(38)53)34(58)42-20(17-47)16-24(36)50/h9,12,19-23,26-28,47-49,52H,3-8,10-11,13-18,37H2,1-2H3,(H2,36,50)(H2,38,53)(H,40,57)(H,42,58)(H,43,51)(H,44,56)(H,45,54)(H,46,55)(H3,39,41,59)/b12-9-/t19-,20+,21-,22+,23+,26+,27+,28?/m1/s1. The average Bonchev–Trinajstić information content (AvgIpc) is 3.17. The molecule has 10 amide bonds. The highest BCUT2D eigenvalue weighted by Gasteiger charge is 2.36. The van der Waals surface area contributed by atoms with Gasteiger partial charge in [0.25, 0.3) is 0 Å². The zero-order valence-corrected chi connectivity index (χ0v) is 33.4. The van der Waals surface area contributed by atoms with E-state index in [-0.39, 0.29) is 19.4 Å². The number of aliphatic hydroxyl groups is 4. The van der Waals surface area contributed by atoms with Crippen LogP contribution in [-0.4, -0.2) is 148 Å². The topological polar surface area (TPSA) is 423 Å². The Morgan fingerprint density at radius 3 is 1.80 bits per heavy atom. The van der Waals surface area contributed by atoms with Crippen molar-refractivity contribution < 1.29 is 63.6 Å². The van der Waals surface area contributed by atoms with Crippen molar-refractivity contribution in [3.05, 3.63) is 12.2 Å². The lowest BCUT2D eigenvalue weighted by atomic mass is 10.1. The molecule has 0 aliphatic heterocycles. The summed E-state index contributed by atoms with van der Waals surface area (Å²) in [5.41, 5.74) is 21.0. The number of aliphatic hydroxyl groups excluding tert-OH is 4. The van der Waals surface area contributed by atoms with Crippen LogP contribution in [0.5, 0.6) is 0 Å². The Kier molecular flexibility index (Phi) is 27.0. The number of carbonyl (C=O) groups excluding carboxylic acids is 9. The zero-order valence-electron chi connectivity index (χ0n) is 33.4. The van der Waals surface area contributed by atoms with Crippen molar-refractivity contribution in [3.8, 4) is 0 Å². The predicted molar refractivity (Wildman–Crippen MR) is 209 cm³/mol. The third-order valence-corrected chi connectivity index (χ3v) is 8.55. The van der Waals surface area contributed by atoms with Gasteiger partial charge in [0.05, 0.1) is 25.4 Å². The number of primary amides is 3. The molecule has 0 aromatic rings. The number of allylic oxidation sites excluding steroid dienone is 1. The van der Waals surface area contributed by atoms with Crippen LogP contribution < -0.4 is 60.2 Å². The van der Waals surface area contributed by atoms with Crippen molar-refractivity contribution in [2.24, 2.45) is 22.9 Å². The van der Waals surface area contributed by atoms with Gasteiger partial charge >= 0.3 is 6.03 Å². The van der Waals surface area contributed by atoms with Gasteiger partial charge in [-0.05, 0) is 45.1 Å². The molecule has 0 spiro atoms. The molecule has 0 aliphatic carbocycles. The highest BCUT2D eigenvalue weighted by atomic mass is 16.3. The van der Waals surface area contributed by atoms with Crippen molar-refractivity contribution in [3.63, 3.8) is 0 Å². The van der Waals surface area contributed by atoms with Crippen LogP contribution in [0.3, 0.4) is 0 Å². The van der Waals surface area contributed by atoms with E-state index in [2.05, 4.69) is 38.8 Å². The van der Waals surface area contributed by atoms with E-state index < -0.39 is 134 Å². The quantitative estimate of drug-likeness (QED) is 0.0228. The van der Waals surface area contributed by atoms with Crippen molar-refractivity contribution in [2.75, 3.05) is 26.3 Å². The summed E-state index contributed by atoms with van der Waals surface area (Å²) in [5.74, 6) is -8.68. The molecule has 19 N–H and O–H groups in total. The number of hydrogen-bond donors (Lipinski definition) is 15. The van der Waals surface area contributed by atoms with Gasteiger partial charge in [0.15, 0.2) is 6.10 Å². The summed E-state index contributed by atoms with van der Waals surface area (Å²) in [4.78, 5) is 113. The van der Waals surface area contributed by atoms with Gasteiger partial charge in [0, 0.05) is 19.5 Å². The third-order valence-electron chi connectivity index (χ3n) is 8.55. The van der Waals surface area contributed by atoms with Gasteiger partial charge in [-0.25, -0.2) is 4.79 Å². The second-order valence-corrected chi connectivity index (χ2v) is 13.6. The van der Waals surface area contributed by atoms with Crippen molar-refractivity contribution in [2.45, 2.75) is 127 Å². The van der Waals surface area contributed by atoms with Crippen LogP contribution in [0.2, 0.25) is 0 Å². The fourth-order valence-electron chi connectivity index (χ4n) is 5.15. The normalized spacial score (nSPS) is 15.2. The fourth-order valence-corrected chi connectivity index (χ4v) is 5.15. The summed E-state index contributed by atoms with van der Waals surface area (Å²) in [5, 5.41) is 55.6. The molecule has 24 nitrogen and oxygen atoms in total. The molecule has 0 heterocycles. The van der Waals surface area contributed by atoms with Gasteiger partial charge in [0.1, 0.15) is 30.2 Å². The third kappa shape index (κ3) is 22.9. The summed E-state index contributed by atoms with van der Waals surface area (Å²) in [6.07, 6.45) is 3.86. The minimum Gasteiger partial charge on any atom is -0.394 e. The maximum atomic E-state index is 13.6.